The van der Waals surface area contributed by atoms with Crippen molar-refractivity contribution in [1.29, 1.82) is 5.26 Å². The molecule has 1 amide bonds. The lowest BCUT2D eigenvalue weighted by atomic mass is 10.0. The molecule has 5 heteroatoms. The van der Waals surface area contributed by atoms with E-state index in [2.05, 4.69) is 11.2 Å². The van der Waals surface area contributed by atoms with E-state index in [0.717, 1.165) is 5.56 Å². The van der Waals surface area contributed by atoms with E-state index in [9.17, 15) is 4.79 Å². The predicted octanol–water partition coefficient (Wildman–Crippen LogP) is 3.25. The monoisotopic (exact) mass is 297 g/mol. The van der Waals surface area contributed by atoms with Crippen molar-refractivity contribution < 1.29 is 9.32 Å². The Kier molecular flexibility index (Phi) is 4.62. The van der Waals surface area contributed by atoms with Crippen molar-refractivity contribution in [2.45, 2.75) is 33.2 Å². The van der Waals surface area contributed by atoms with Gasteiger partial charge in [0.1, 0.15) is 5.56 Å². The molecule has 0 atom stereocenters. The Labute approximate surface area is 130 Å². The first-order chi connectivity index (χ1) is 10.4. The van der Waals surface area contributed by atoms with E-state index < -0.39 is 0 Å². The second kappa shape index (κ2) is 6.44. The van der Waals surface area contributed by atoms with Gasteiger partial charge in [-0.2, -0.15) is 5.26 Å². The molecule has 5 nitrogen and oxygen atoms in total. The number of aromatic nitrogens is 1. The quantitative estimate of drug-likeness (QED) is 0.868. The molecule has 2 aromatic rings. The number of amides is 1. The second-order valence-corrected chi connectivity index (χ2v) is 5.63. The molecular formula is C17H19N3O2. The summed E-state index contributed by atoms with van der Waals surface area (Å²) in [6.45, 7) is 6.18. The Morgan fingerprint density at radius 2 is 2.00 bits per heavy atom. The molecule has 1 aromatic heterocycles. The van der Waals surface area contributed by atoms with Gasteiger partial charge in [0.2, 0.25) is 0 Å². The van der Waals surface area contributed by atoms with Gasteiger partial charge < -0.3 is 9.42 Å². The Morgan fingerprint density at radius 1 is 1.36 bits per heavy atom. The molecule has 0 unspecified atom stereocenters. The van der Waals surface area contributed by atoms with Crippen LogP contribution in [0.4, 0.5) is 0 Å². The predicted molar refractivity (Wildman–Crippen MR) is 82.3 cm³/mol. The summed E-state index contributed by atoms with van der Waals surface area (Å²) in [4.78, 5) is 14.3. The number of benzene rings is 1. The molecule has 1 heterocycles. The highest BCUT2D eigenvalue weighted by molar-refractivity contribution is 5.96. The Hall–Kier alpha value is -2.61. The molecule has 0 fully saturated rings. The van der Waals surface area contributed by atoms with Crippen LogP contribution >= 0.6 is 0 Å². The number of hydrogen-bond donors (Lipinski definition) is 0. The smallest absolute Gasteiger partial charge is 0.259 e. The lowest BCUT2D eigenvalue weighted by Crippen LogP contribution is -2.27. The third-order valence-corrected chi connectivity index (χ3v) is 3.48. The SMILES string of the molecule is Cc1noc(C(C)C)c1C(=O)N(C)Cc1ccc(C#N)cc1. The number of carbonyl (C=O) groups excluding carboxylic acids is 1. The van der Waals surface area contributed by atoms with Crippen LogP contribution in [-0.4, -0.2) is 23.0 Å². The maximum atomic E-state index is 12.7. The van der Waals surface area contributed by atoms with E-state index in [1.54, 1.807) is 31.0 Å². The lowest BCUT2D eigenvalue weighted by molar-refractivity contribution is 0.0781. The van der Waals surface area contributed by atoms with Crippen LogP contribution in [0.3, 0.4) is 0 Å². The zero-order valence-electron chi connectivity index (χ0n) is 13.3. The molecule has 2 rings (SSSR count). The van der Waals surface area contributed by atoms with Crippen LogP contribution in [0.1, 0.15) is 52.7 Å². The van der Waals surface area contributed by atoms with Crippen LogP contribution in [0.15, 0.2) is 28.8 Å². The molecule has 1 aromatic carbocycles. The van der Waals surface area contributed by atoms with E-state index in [0.29, 0.717) is 29.1 Å². The number of carbonyl (C=O) groups is 1. The molecule has 0 spiro atoms. The van der Waals surface area contributed by atoms with Gasteiger partial charge in [-0.3, -0.25) is 4.79 Å². The van der Waals surface area contributed by atoms with Crippen molar-refractivity contribution in [3.05, 3.63) is 52.4 Å². The van der Waals surface area contributed by atoms with Gasteiger partial charge in [-0.05, 0) is 24.6 Å². The first-order valence-corrected chi connectivity index (χ1v) is 7.14. The molecule has 22 heavy (non-hydrogen) atoms. The molecule has 0 N–H and O–H groups in total. The molecular weight excluding hydrogens is 278 g/mol. The van der Waals surface area contributed by atoms with Crippen LogP contribution < -0.4 is 0 Å². The van der Waals surface area contributed by atoms with Gasteiger partial charge in [0.15, 0.2) is 5.76 Å². The molecule has 0 aliphatic carbocycles. The van der Waals surface area contributed by atoms with Gasteiger partial charge in [0.25, 0.3) is 5.91 Å². The number of aryl methyl sites for hydroxylation is 1. The fourth-order valence-electron chi connectivity index (χ4n) is 2.26. The van der Waals surface area contributed by atoms with Crippen LogP contribution in [-0.2, 0) is 6.54 Å². The van der Waals surface area contributed by atoms with E-state index in [-0.39, 0.29) is 11.8 Å². The highest BCUT2D eigenvalue weighted by atomic mass is 16.5. The third kappa shape index (κ3) is 3.17. The summed E-state index contributed by atoms with van der Waals surface area (Å²) in [5, 5.41) is 12.7. The molecule has 0 saturated heterocycles. The van der Waals surface area contributed by atoms with Gasteiger partial charge in [-0.25, -0.2) is 0 Å². The minimum Gasteiger partial charge on any atom is -0.360 e. The second-order valence-electron chi connectivity index (χ2n) is 5.63. The minimum absolute atomic E-state index is 0.100. The summed E-state index contributed by atoms with van der Waals surface area (Å²) >= 11 is 0. The maximum Gasteiger partial charge on any atom is 0.259 e. The molecule has 0 bridgehead atoms. The highest BCUT2D eigenvalue weighted by Crippen LogP contribution is 2.23. The normalized spacial score (nSPS) is 10.5. The van der Waals surface area contributed by atoms with E-state index in [1.165, 1.54) is 0 Å². The van der Waals surface area contributed by atoms with E-state index in [1.807, 2.05) is 26.0 Å². The number of rotatable bonds is 4. The molecule has 114 valence electrons. The third-order valence-electron chi connectivity index (χ3n) is 3.48. The van der Waals surface area contributed by atoms with Crippen LogP contribution in [0.2, 0.25) is 0 Å². The van der Waals surface area contributed by atoms with Gasteiger partial charge in [-0.1, -0.05) is 31.1 Å². The first-order valence-electron chi connectivity index (χ1n) is 7.14. The van der Waals surface area contributed by atoms with Gasteiger partial charge >= 0.3 is 0 Å². The van der Waals surface area contributed by atoms with Crippen molar-refractivity contribution in [3.63, 3.8) is 0 Å². The van der Waals surface area contributed by atoms with Crippen molar-refractivity contribution in [2.24, 2.45) is 0 Å². The number of nitriles is 1. The summed E-state index contributed by atoms with van der Waals surface area (Å²) in [7, 11) is 1.75. The summed E-state index contributed by atoms with van der Waals surface area (Å²) in [5.41, 5.74) is 2.73. The standard InChI is InChI=1S/C17H19N3O2/c1-11(2)16-15(12(3)19-22-16)17(21)20(4)10-14-7-5-13(9-18)6-8-14/h5-8,11H,10H2,1-4H3. The molecule has 0 aliphatic heterocycles. The summed E-state index contributed by atoms with van der Waals surface area (Å²) < 4.78 is 5.28. The van der Waals surface area contributed by atoms with Crippen molar-refractivity contribution in [3.8, 4) is 6.07 Å². The van der Waals surface area contributed by atoms with E-state index in [4.69, 9.17) is 9.78 Å². The van der Waals surface area contributed by atoms with E-state index >= 15 is 0 Å². The van der Waals surface area contributed by atoms with Gasteiger partial charge in [0.05, 0.1) is 17.3 Å². The average molecular weight is 297 g/mol. The van der Waals surface area contributed by atoms with Crippen LogP contribution in [0, 0.1) is 18.3 Å². The van der Waals surface area contributed by atoms with Crippen molar-refractivity contribution >= 4 is 5.91 Å². The van der Waals surface area contributed by atoms with Crippen molar-refractivity contribution in [1.82, 2.24) is 10.1 Å². The zero-order chi connectivity index (χ0) is 16.3. The van der Waals surface area contributed by atoms with Gasteiger partial charge in [-0.15, -0.1) is 0 Å². The van der Waals surface area contributed by atoms with Crippen molar-refractivity contribution in [2.75, 3.05) is 7.05 Å². The fraction of sp³-hybridized carbons (Fsp3) is 0.353. The largest absolute Gasteiger partial charge is 0.360 e. The summed E-state index contributed by atoms with van der Waals surface area (Å²) in [6.07, 6.45) is 0. The Morgan fingerprint density at radius 3 is 2.55 bits per heavy atom. The Balaban J connectivity index is 2.19. The number of hydrogen-bond acceptors (Lipinski definition) is 4. The zero-order valence-corrected chi connectivity index (χ0v) is 13.3. The molecule has 0 aliphatic rings. The minimum atomic E-state index is -0.105. The molecule has 0 radical (unpaired) electrons. The fourth-order valence-corrected chi connectivity index (χ4v) is 2.26. The van der Waals surface area contributed by atoms with Crippen LogP contribution in [0.25, 0.3) is 0 Å². The molecule has 0 saturated carbocycles. The topological polar surface area (TPSA) is 70.1 Å². The summed E-state index contributed by atoms with van der Waals surface area (Å²) in [5.74, 6) is 0.615. The highest BCUT2D eigenvalue weighted by Gasteiger charge is 2.25. The van der Waals surface area contributed by atoms with Crippen LogP contribution in [0.5, 0.6) is 0 Å². The average Bonchev–Trinajstić information content (AvgIpc) is 2.89. The van der Waals surface area contributed by atoms with Gasteiger partial charge in [0, 0.05) is 19.5 Å². The number of nitrogens with zero attached hydrogens (tertiary/aromatic N) is 3. The maximum absolute atomic E-state index is 12.7. The Bertz CT molecular complexity index is 708. The lowest BCUT2D eigenvalue weighted by Gasteiger charge is -2.18. The first kappa shape index (κ1) is 15.8. The summed E-state index contributed by atoms with van der Waals surface area (Å²) in [6, 6.07) is 9.28.